The van der Waals surface area contributed by atoms with Gasteiger partial charge in [-0.2, -0.15) is 0 Å². The summed E-state index contributed by atoms with van der Waals surface area (Å²) < 4.78 is 30.5. The Morgan fingerprint density at radius 3 is 2.44 bits per heavy atom. The second-order valence-electron chi connectivity index (χ2n) is 4.40. The third-order valence-corrected chi connectivity index (χ3v) is 5.19. The maximum Gasteiger partial charge on any atom is 0.216 e. The van der Waals surface area contributed by atoms with Crippen LogP contribution in [0.3, 0.4) is 0 Å². The summed E-state index contributed by atoms with van der Waals surface area (Å²) in [5.74, 6) is 0.544. The quantitative estimate of drug-likeness (QED) is 0.746. The molecular formula is C10H22N2O3S. The van der Waals surface area contributed by atoms with Crippen LogP contribution in [0.4, 0.5) is 0 Å². The van der Waals surface area contributed by atoms with E-state index in [-0.39, 0.29) is 11.9 Å². The Bertz CT molecular complexity index is 297. The van der Waals surface area contributed by atoms with E-state index in [1.54, 1.807) is 11.2 Å². The lowest BCUT2D eigenvalue weighted by molar-refractivity contribution is 0.134. The van der Waals surface area contributed by atoms with E-state index >= 15 is 0 Å². The summed E-state index contributed by atoms with van der Waals surface area (Å²) in [6, 6.07) is 0. The van der Waals surface area contributed by atoms with Crippen LogP contribution in [-0.2, 0) is 14.8 Å². The number of nitrogens with zero attached hydrogens (tertiary/aromatic N) is 1. The molecule has 2 N–H and O–H groups in total. The average molecular weight is 250 g/mol. The van der Waals surface area contributed by atoms with Gasteiger partial charge >= 0.3 is 0 Å². The van der Waals surface area contributed by atoms with Crippen LogP contribution < -0.4 is 5.73 Å². The molecule has 1 heterocycles. The van der Waals surface area contributed by atoms with Crippen LogP contribution in [0, 0.1) is 5.92 Å². The summed E-state index contributed by atoms with van der Waals surface area (Å²) in [6.07, 6.45) is 1.49. The molecule has 0 amide bonds. The van der Waals surface area contributed by atoms with Crippen molar-refractivity contribution in [2.45, 2.75) is 25.9 Å². The van der Waals surface area contributed by atoms with Gasteiger partial charge in [-0.3, -0.25) is 0 Å². The molecule has 1 aliphatic heterocycles. The van der Waals surface area contributed by atoms with Crippen molar-refractivity contribution in [3.63, 3.8) is 0 Å². The Kier molecular flexibility index (Phi) is 5.17. The smallest absolute Gasteiger partial charge is 0.216 e. The molecule has 16 heavy (non-hydrogen) atoms. The minimum Gasteiger partial charge on any atom is -0.381 e. The Hall–Kier alpha value is -0.170. The van der Waals surface area contributed by atoms with Crippen molar-refractivity contribution >= 4 is 10.0 Å². The summed E-state index contributed by atoms with van der Waals surface area (Å²) in [5, 5.41) is 0. The molecule has 1 atom stereocenters. The Morgan fingerprint density at radius 1 is 1.44 bits per heavy atom. The van der Waals surface area contributed by atoms with Crippen LogP contribution in [-0.4, -0.2) is 51.3 Å². The van der Waals surface area contributed by atoms with E-state index in [1.807, 2.05) is 0 Å². The monoisotopic (exact) mass is 250 g/mol. The minimum absolute atomic E-state index is 0.0663. The first kappa shape index (κ1) is 13.9. The maximum absolute atomic E-state index is 12.0. The Labute approximate surface area is 98.0 Å². The summed E-state index contributed by atoms with van der Waals surface area (Å²) in [6.45, 7) is 3.62. The van der Waals surface area contributed by atoms with Gasteiger partial charge < -0.3 is 10.5 Å². The van der Waals surface area contributed by atoms with E-state index in [1.165, 1.54) is 7.11 Å². The van der Waals surface area contributed by atoms with Crippen molar-refractivity contribution in [1.82, 2.24) is 4.31 Å². The van der Waals surface area contributed by atoms with Crippen molar-refractivity contribution in [2.24, 2.45) is 11.7 Å². The average Bonchev–Trinajstić information content (AvgIpc) is 2.28. The molecule has 1 saturated heterocycles. The second kappa shape index (κ2) is 5.95. The van der Waals surface area contributed by atoms with E-state index < -0.39 is 10.0 Å². The van der Waals surface area contributed by atoms with Gasteiger partial charge in [0.2, 0.25) is 10.0 Å². The minimum atomic E-state index is -3.16. The third-order valence-electron chi connectivity index (χ3n) is 3.15. The molecule has 0 saturated carbocycles. The summed E-state index contributed by atoms with van der Waals surface area (Å²) in [7, 11) is -1.63. The first-order chi connectivity index (χ1) is 7.49. The SMILES string of the molecule is COC(C)CS(=O)(=O)N1CCC(CN)CC1. The van der Waals surface area contributed by atoms with E-state index in [0.717, 1.165) is 12.8 Å². The topological polar surface area (TPSA) is 72.6 Å². The molecule has 1 rings (SSSR count). The Balaban J connectivity index is 2.51. The molecule has 1 fully saturated rings. The zero-order chi connectivity index (χ0) is 12.2. The Morgan fingerprint density at radius 2 is 2.00 bits per heavy atom. The molecule has 0 aliphatic carbocycles. The normalized spacial score (nSPS) is 22.2. The number of hydrogen-bond donors (Lipinski definition) is 1. The zero-order valence-corrected chi connectivity index (χ0v) is 10.9. The van der Waals surface area contributed by atoms with Crippen LogP contribution in [0.25, 0.3) is 0 Å². The van der Waals surface area contributed by atoms with Crippen molar-refractivity contribution in [2.75, 3.05) is 32.5 Å². The predicted molar refractivity (Wildman–Crippen MR) is 63.6 cm³/mol. The molecule has 0 aromatic carbocycles. The number of hydrogen-bond acceptors (Lipinski definition) is 4. The summed E-state index contributed by atoms with van der Waals surface area (Å²) in [5.41, 5.74) is 5.57. The number of ether oxygens (including phenoxy) is 1. The molecule has 0 aromatic heterocycles. The number of rotatable bonds is 5. The molecule has 0 spiro atoms. The first-order valence-electron chi connectivity index (χ1n) is 5.70. The molecule has 5 nitrogen and oxygen atoms in total. The van der Waals surface area contributed by atoms with E-state index in [9.17, 15) is 8.42 Å². The molecular weight excluding hydrogens is 228 g/mol. The highest BCUT2D eigenvalue weighted by atomic mass is 32.2. The van der Waals surface area contributed by atoms with Crippen molar-refractivity contribution < 1.29 is 13.2 Å². The lowest BCUT2D eigenvalue weighted by Crippen LogP contribution is -2.42. The van der Waals surface area contributed by atoms with Crippen LogP contribution in [0.1, 0.15) is 19.8 Å². The molecule has 0 radical (unpaired) electrons. The fourth-order valence-electron chi connectivity index (χ4n) is 1.89. The van der Waals surface area contributed by atoms with Crippen LogP contribution in [0.15, 0.2) is 0 Å². The molecule has 6 heteroatoms. The van der Waals surface area contributed by atoms with Crippen molar-refractivity contribution in [3.8, 4) is 0 Å². The highest BCUT2D eigenvalue weighted by Crippen LogP contribution is 2.19. The number of nitrogens with two attached hydrogens (primary N) is 1. The van der Waals surface area contributed by atoms with Gasteiger partial charge in [0.15, 0.2) is 0 Å². The first-order valence-corrected chi connectivity index (χ1v) is 7.31. The van der Waals surface area contributed by atoms with Gasteiger partial charge in [0.05, 0.1) is 11.9 Å². The van der Waals surface area contributed by atoms with Gasteiger partial charge in [-0.15, -0.1) is 0 Å². The van der Waals surface area contributed by atoms with E-state index in [4.69, 9.17) is 10.5 Å². The van der Waals surface area contributed by atoms with Gasteiger partial charge in [-0.25, -0.2) is 12.7 Å². The fraction of sp³-hybridized carbons (Fsp3) is 1.00. The largest absolute Gasteiger partial charge is 0.381 e. The van der Waals surface area contributed by atoms with Gasteiger partial charge in [-0.05, 0) is 32.2 Å². The number of sulfonamides is 1. The van der Waals surface area contributed by atoms with Crippen LogP contribution >= 0.6 is 0 Å². The standard InChI is InChI=1S/C10H22N2O3S/c1-9(15-2)8-16(13,14)12-5-3-10(7-11)4-6-12/h9-10H,3-8,11H2,1-2H3. The molecule has 1 aliphatic rings. The van der Waals surface area contributed by atoms with Gasteiger partial charge in [0.1, 0.15) is 0 Å². The van der Waals surface area contributed by atoms with Crippen molar-refractivity contribution in [3.05, 3.63) is 0 Å². The molecule has 1 unspecified atom stereocenters. The van der Waals surface area contributed by atoms with E-state index in [0.29, 0.717) is 25.6 Å². The van der Waals surface area contributed by atoms with Gasteiger partial charge in [0, 0.05) is 20.2 Å². The van der Waals surface area contributed by atoms with Gasteiger partial charge in [0.25, 0.3) is 0 Å². The van der Waals surface area contributed by atoms with Crippen molar-refractivity contribution in [1.29, 1.82) is 0 Å². The maximum atomic E-state index is 12.0. The molecule has 0 bridgehead atoms. The second-order valence-corrected chi connectivity index (χ2v) is 6.42. The zero-order valence-electron chi connectivity index (χ0n) is 10.1. The highest BCUT2D eigenvalue weighted by molar-refractivity contribution is 7.89. The molecule has 0 aromatic rings. The molecule has 96 valence electrons. The van der Waals surface area contributed by atoms with Crippen LogP contribution in [0.2, 0.25) is 0 Å². The highest BCUT2D eigenvalue weighted by Gasteiger charge is 2.28. The van der Waals surface area contributed by atoms with Crippen LogP contribution in [0.5, 0.6) is 0 Å². The fourth-order valence-corrected chi connectivity index (χ4v) is 3.60. The van der Waals surface area contributed by atoms with Gasteiger partial charge in [-0.1, -0.05) is 0 Å². The third kappa shape index (κ3) is 3.69. The summed E-state index contributed by atoms with van der Waals surface area (Å²) >= 11 is 0. The predicted octanol–water partition coefficient (Wildman–Crippen LogP) is 0.0218. The van der Waals surface area contributed by atoms with E-state index in [2.05, 4.69) is 0 Å². The summed E-state index contributed by atoms with van der Waals surface area (Å²) in [4.78, 5) is 0. The lowest BCUT2D eigenvalue weighted by atomic mass is 9.99. The number of methoxy groups -OCH3 is 1. The number of piperidine rings is 1. The lowest BCUT2D eigenvalue weighted by Gasteiger charge is -2.31.